The Balaban J connectivity index is 2.02. The van der Waals surface area contributed by atoms with Crippen LogP contribution < -0.4 is 0 Å². The molecule has 114 valence electrons. The number of nitrogens with zero attached hydrogens (tertiary/aromatic N) is 6. The van der Waals surface area contributed by atoms with Crippen LogP contribution in [-0.2, 0) is 12.1 Å². The first-order chi connectivity index (χ1) is 10.6. The first kappa shape index (κ1) is 14.3. The fourth-order valence-electron chi connectivity index (χ4n) is 2.38. The van der Waals surface area contributed by atoms with E-state index in [-0.39, 0.29) is 12.4 Å². The number of rotatable bonds is 5. The van der Waals surface area contributed by atoms with Gasteiger partial charge in [-0.1, -0.05) is 12.1 Å². The summed E-state index contributed by atoms with van der Waals surface area (Å²) in [6.07, 6.45) is 5.98. The molecule has 7 nitrogen and oxygen atoms in total. The molecule has 0 spiro atoms. The predicted molar refractivity (Wildman–Crippen MR) is 75.1 cm³/mol. The van der Waals surface area contributed by atoms with Crippen molar-refractivity contribution in [3.8, 4) is 0 Å². The minimum atomic E-state index is -1.37. The van der Waals surface area contributed by atoms with E-state index in [9.17, 15) is 9.50 Å². The van der Waals surface area contributed by atoms with Crippen LogP contribution in [0.1, 0.15) is 18.5 Å². The Morgan fingerprint density at radius 3 is 2.45 bits per heavy atom. The number of hydrogen-bond acceptors (Lipinski definition) is 5. The maximum absolute atomic E-state index is 13.2. The van der Waals surface area contributed by atoms with Gasteiger partial charge in [0.2, 0.25) is 0 Å². The van der Waals surface area contributed by atoms with E-state index in [2.05, 4.69) is 20.3 Å². The van der Waals surface area contributed by atoms with Crippen molar-refractivity contribution in [2.24, 2.45) is 0 Å². The molecule has 2 unspecified atom stereocenters. The Hall–Kier alpha value is -2.61. The van der Waals surface area contributed by atoms with E-state index < -0.39 is 11.6 Å². The van der Waals surface area contributed by atoms with Crippen LogP contribution >= 0.6 is 0 Å². The van der Waals surface area contributed by atoms with Crippen molar-refractivity contribution in [2.45, 2.75) is 25.1 Å². The average molecular weight is 302 g/mol. The molecule has 0 amide bonds. The predicted octanol–water partition coefficient (Wildman–Crippen LogP) is 1.16. The highest BCUT2D eigenvalue weighted by molar-refractivity contribution is 5.24. The van der Waals surface area contributed by atoms with Crippen molar-refractivity contribution in [2.75, 3.05) is 0 Å². The summed E-state index contributed by atoms with van der Waals surface area (Å²) in [7, 11) is 0. The maximum atomic E-state index is 13.2. The van der Waals surface area contributed by atoms with Crippen molar-refractivity contribution in [3.63, 3.8) is 0 Å². The van der Waals surface area contributed by atoms with Crippen molar-refractivity contribution in [1.29, 1.82) is 0 Å². The first-order valence-electron chi connectivity index (χ1n) is 6.76. The quantitative estimate of drug-likeness (QED) is 0.765. The topological polar surface area (TPSA) is 81.6 Å². The van der Waals surface area contributed by atoms with Crippen LogP contribution in [0.2, 0.25) is 0 Å². The van der Waals surface area contributed by atoms with E-state index in [1.165, 1.54) is 46.7 Å². The summed E-state index contributed by atoms with van der Waals surface area (Å²) in [5.74, 6) is -0.364. The van der Waals surface area contributed by atoms with Gasteiger partial charge in [0.25, 0.3) is 0 Å². The standard InChI is InChI=1S/C14H15FN6O/c1-11(21-17-6-7-18-21)14(22,8-20-10-16-9-19-20)12-2-4-13(15)5-3-12/h2-7,9-11,22H,8H2,1H3. The number of hydrogen-bond donors (Lipinski definition) is 1. The lowest BCUT2D eigenvalue weighted by Gasteiger charge is -2.33. The Bertz CT molecular complexity index is 712. The normalized spacial score (nSPS) is 15.4. The molecule has 2 aromatic heterocycles. The lowest BCUT2D eigenvalue weighted by atomic mass is 9.87. The minimum absolute atomic E-state index is 0.140. The molecule has 0 aliphatic carbocycles. The Morgan fingerprint density at radius 2 is 1.86 bits per heavy atom. The smallest absolute Gasteiger partial charge is 0.137 e. The highest BCUT2D eigenvalue weighted by atomic mass is 19.1. The van der Waals surface area contributed by atoms with Crippen LogP contribution in [0.3, 0.4) is 0 Å². The van der Waals surface area contributed by atoms with Crippen LogP contribution in [0.25, 0.3) is 0 Å². The molecular formula is C14H15FN6O. The summed E-state index contributed by atoms with van der Waals surface area (Å²) < 4.78 is 14.7. The number of halogens is 1. The van der Waals surface area contributed by atoms with Gasteiger partial charge in [0.1, 0.15) is 30.1 Å². The second-order valence-electron chi connectivity index (χ2n) is 5.05. The van der Waals surface area contributed by atoms with Crippen LogP contribution in [-0.4, -0.2) is 34.9 Å². The van der Waals surface area contributed by atoms with Gasteiger partial charge < -0.3 is 5.11 Å². The Labute approximate surface area is 126 Å². The van der Waals surface area contributed by atoms with Crippen molar-refractivity contribution < 1.29 is 9.50 Å². The molecule has 2 atom stereocenters. The van der Waals surface area contributed by atoms with E-state index >= 15 is 0 Å². The fraction of sp³-hybridized carbons (Fsp3) is 0.286. The third kappa shape index (κ3) is 2.60. The van der Waals surface area contributed by atoms with E-state index in [0.29, 0.717) is 5.56 Å². The second-order valence-corrected chi connectivity index (χ2v) is 5.05. The Morgan fingerprint density at radius 1 is 1.18 bits per heavy atom. The first-order valence-corrected chi connectivity index (χ1v) is 6.76. The molecule has 2 heterocycles. The van der Waals surface area contributed by atoms with E-state index in [1.54, 1.807) is 19.1 Å². The van der Waals surface area contributed by atoms with Gasteiger partial charge in [0.15, 0.2) is 0 Å². The zero-order valence-corrected chi connectivity index (χ0v) is 11.9. The van der Waals surface area contributed by atoms with Gasteiger partial charge >= 0.3 is 0 Å². The monoisotopic (exact) mass is 302 g/mol. The third-order valence-electron chi connectivity index (χ3n) is 3.69. The SMILES string of the molecule is CC(n1nccn1)C(O)(Cn1cncn1)c1ccc(F)cc1. The Kier molecular flexibility index (Phi) is 3.68. The highest BCUT2D eigenvalue weighted by Crippen LogP contribution is 2.34. The van der Waals surface area contributed by atoms with E-state index in [4.69, 9.17) is 0 Å². The van der Waals surface area contributed by atoms with Crippen molar-refractivity contribution >= 4 is 0 Å². The molecule has 0 saturated carbocycles. The average Bonchev–Trinajstić information content (AvgIpc) is 3.20. The lowest BCUT2D eigenvalue weighted by molar-refractivity contribution is -0.0385. The minimum Gasteiger partial charge on any atom is -0.381 e. The molecule has 8 heteroatoms. The van der Waals surface area contributed by atoms with Gasteiger partial charge in [0, 0.05) is 0 Å². The molecule has 0 radical (unpaired) electrons. The third-order valence-corrected chi connectivity index (χ3v) is 3.69. The summed E-state index contributed by atoms with van der Waals surface area (Å²) in [5, 5.41) is 23.5. The fourth-order valence-corrected chi connectivity index (χ4v) is 2.38. The van der Waals surface area contributed by atoms with Gasteiger partial charge in [0.05, 0.1) is 18.9 Å². The van der Waals surface area contributed by atoms with Crippen LogP contribution in [0.5, 0.6) is 0 Å². The molecular weight excluding hydrogens is 287 g/mol. The van der Waals surface area contributed by atoms with E-state index in [1.807, 2.05) is 0 Å². The van der Waals surface area contributed by atoms with Crippen LogP contribution in [0.4, 0.5) is 4.39 Å². The van der Waals surface area contributed by atoms with Crippen molar-refractivity contribution in [1.82, 2.24) is 29.8 Å². The zero-order chi connectivity index (χ0) is 15.6. The second kappa shape index (κ2) is 5.64. The summed E-state index contributed by atoms with van der Waals surface area (Å²) in [5.41, 5.74) is -0.824. The number of benzene rings is 1. The molecule has 0 saturated heterocycles. The number of aromatic nitrogens is 6. The maximum Gasteiger partial charge on any atom is 0.137 e. The van der Waals surface area contributed by atoms with Gasteiger partial charge in [-0.3, -0.25) is 0 Å². The summed E-state index contributed by atoms with van der Waals surface area (Å²) in [6.45, 7) is 1.93. The molecule has 3 rings (SSSR count). The molecule has 1 N–H and O–H groups in total. The lowest BCUT2D eigenvalue weighted by Crippen LogP contribution is -2.40. The van der Waals surface area contributed by atoms with Gasteiger partial charge in [-0.25, -0.2) is 14.1 Å². The molecule has 0 fully saturated rings. The van der Waals surface area contributed by atoms with Crippen molar-refractivity contribution in [3.05, 3.63) is 60.7 Å². The van der Waals surface area contributed by atoms with Gasteiger partial charge in [-0.2, -0.15) is 20.1 Å². The largest absolute Gasteiger partial charge is 0.381 e. The van der Waals surface area contributed by atoms with E-state index in [0.717, 1.165) is 0 Å². The van der Waals surface area contributed by atoms with Gasteiger partial charge in [-0.05, 0) is 24.6 Å². The highest BCUT2D eigenvalue weighted by Gasteiger charge is 2.39. The molecule has 0 aliphatic heterocycles. The molecule has 0 bridgehead atoms. The van der Waals surface area contributed by atoms with Gasteiger partial charge in [-0.15, -0.1) is 0 Å². The van der Waals surface area contributed by atoms with Crippen LogP contribution in [0.15, 0.2) is 49.3 Å². The molecule has 22 heavy (non-hydrogen) atoms. The van der Waals surface area contributed by atoms with Crippen LogP contribution in [0, 0.1) is 5.82 Å². The summed E-state index contributed by atoms with van der Waals surface area (Å²) in [4.78, 5) is 5.30. The molecule has 0 aliphatic rings. The zero-order valence-electron chi connectivity index (χ0n) is 11.9. The molecule has 3 aromatic rings. The number of aliphatic hydroxyl groups is 1. The molecule has 1 aromatic carbocycles. The summed E-state index contributed by atoms with van der Waals surface area (Å²) >= 11 is 0. The summed E-state index contributed by atoms with van der Waals surface area (Å²) in [6, 6.07) is 5.23.